The molecule has 4 rings (SSSR count). The Kier molecular flexibility index (Phi) is 8.93. The van der Waals surface area contributed by atoms with E-state index in [9.17, 15) is 21.6 Å². The SMILES string of the molecule is COc1ccc(C)cc1N(CC(=O)Nc1ccc(S(=O)(=O)Nc2cc(C)ccc2C)cc1)S(=O)(=O)c1ccc(C)cc1. The quantitative estimate of drug-likeness (QED) is 0.243. The summed E-state index contributed by atoms with van der Waals surface area (Å²) in [5, 5.41) is 2.67. The summed E-state index contributed by atoms with van der Waals surface area (Å²) in [4.78, 5) is 13.2. The molecule has 0 aliphatic rings. The Balaban J connectivity index is 1.58. The van der Waals surface area contributed by atoms with Crippen LogP contribution in [0.15, 0.2) is 94.7 Å². The zero-order valence-electron chi connectivity index (χ0n) is 24.0. The van der Waals surface area contributed by atoms with E-state index in [1.807, 2.05) is 39.8 Å². The highest BCUT2D eigenvalue weighted by molar-refractivity contribution is 7.93. The number of rotatable bonds is 10. The summed E-state index contributed by atoms with van der Waals surface area (Å²) in [6.07, 6.45) is 0. The lowest BCUT2D eigenvalue weighted by atomic mass is 10.1. The number of carbonyl (C=O) groups is 1. The van der Waals surface area contributed by atoms with Crippen LogP contribution in [0.1, 0.15) is 22.3 Å². The molecular weight excluding hydrogens is 574 g/mol. The number of aryl methyl sites for hydroxylation is 4. The number of nitrogens with one attached hydrogen (secondary N) is 2. The van der Waals surface area contributed by atoms with Gasteiger partial charge in [-0.05, 0) is 99.0 Å². The number of hydrogen-bond donors (Lipinski definition) is 2. The summed E-state index contributed by atoms with van der Waals surface area (Å²) in [5.74, 6) is -0.339. The van der Waals surface area contributed by atoms with Gasteiger partial charge in [0.05, 0.1) is 28.3 Å². The van der Waals surface area contributed by atoms with Crippen LogP contribution in [0.3, 0.4) is 0 Å². The number of anilines is 3. The average Bonchev–Trinajstić information content (AvgIpc) is 2.94. The number of amides is 1. The average molecular weight is 608 g/mol. The summed E-state index contributed by atoms with van der Waals surface area (Å²) in [7, 11) is -6.62. The van der Waals surface area contributed by atoms with Gasteiger partial charge in [0.2, 0.25) is 5.91 Å². The lowest BCUT2D eigenvalue weighted by Crippen LogP contribution is -2.38. The van der Waals surface area contributed by atoms with Crippen molar-refractivity contribution in [1.29, 1.82) is 0 Å². The molecule has 4 aromatic rings. The van der Waals surface area contributed by atoms with Crippen LogP contribution in [-0.4, -0.2) is 36.4 Å². The van der Waals surface area contributed by atoms with E-state index in [-0.39, 0.29) is 21.2 Å². The number of sulfonamides is 2. The minimum atomic E-state index is -4.17. The van der Waals surface area contributed by atoms with Gasteiger partial charge in [0, 0.05) is 5.69 Å². The maximum Gasteiger partial charge on any atom is 0.264 e. The first-order valence-electron chi connectivity index (χ1n) is 13.0. The molecule has 0 radical (unpaired) electrons. The van der Waals surface area contributed by atoms with Crippen molar-refractivity contribution in [2.45, 2.75) is 37.5 Å². The van der Waals surface area contributed by atoms with Gasteiger partial charge in [-0.1, -0.05) is 35.9 Å². The fourth-order valence-corrected chi connectivity index (χ4v) is 6.77. The first-order valence-corrected chi connectivity index (χ1v) is 16.0. The van der Waals surface area contributed by atoms with Crippen molar-refractivity contribution in [2.24, 2.45) is 0 Å². The second-order valence-corrected chi connectivity index (χ2v) is 13.5. The highest BCUT2D eigenvalue weighted by Gasteiger charge is 2.30. The van der Waals surface area contributed by atoms with Crippen LogP contribution in [-0.2, 0) is 24.8 Å². The summed E-state index contributed by atoms with van der Waals surface area (Å²) in [6, 6.07) is 22.5. The number of carbonyl (C=O) groups excluding carboxylic acids is 1. The first-order chi connectivity index (χ1) is 19.8. The molecule has 2 N–H and O–H groups in total. The third kappa shape index (κ3) is 6.92. The molecule has 1 amide bonds. The van der Waals surface area contributed by atoms with Crippen LogP contribution >= 0.6 is 0 Å². The molecule has 0 fully saturated rings. The maximum absolute atomic E-state index is 13.8. The van der Waals surface area contributed by atoms with E-state index in [1.165, 1.54) is 43.5 Å². The maximum atomic E-state index is 13.8. The van der Waals surface area contributed by atoms with Crippen LogP contribution in [0.5, 0.6) is 5.75 Å². The number of nitrogens with zero attached hydrogens (tertiary/aromatic N) is 1. The normalized spacial score (nSPS) is 11.5. The first kappa shape index (κ1) is 30.6. The second-order valence-electron chi connectivity index (χ2n) is 10.00. The lowest BCUT2D eigenvalue weighted by molar-refractivity contribution is -0.114. The molecule has 0 spiro atoms. The zero-order valence-corrected chi connectivity index (χ0v) is 25.6. The van der Waals surface area contributed by atoms with E-state index < -0.39 is 32.5 Å². The molecule has 42 heavy (non-hydrogen) atoms. The van der Waals surface area contributed by atoms with Crippen molar-refractivity contribution in [2.75, 3.05) is 28.0 Å². The van der Waals surface area contributed by atoms with E-state index in [4.69, 9.17) is 4.74 Å². The Morgan fingerprint density at radius 1 is 0.738 bits per heavy atom. The van der Waals surface area contributed by atoms with Gasteiger partial charge in [-0.2, -0.15) is 0 Å². The molecule has 0 atom stereocenters. The Morgan fingerprint density at radius 2 is 1.31 bits per heavy atom. The van der Waals surface area contributed by atoms with Gasteiger partial charge in [0.1, 0.15) is 12.3 Å². The Hall–Kier alpha value is -4.35. The van der Waals surface area contributed by atoms with Crippen molar-refractivity contribution in [3.63, 3.8) is 0 Å². The minimum absolute atomic E-state index is 0.00878. The summed E-state index contributed by atoms with van der Waals surface area (Å²) < 4.78 is 62.5. The van der Waals surface area contributed by atoms with Gasteiger partial charge in [0.15, 0.2) is 0 Å². The molecule has 0 aromatic heterocycles. The standard InChI is InChI=1S/C31H33N3O6S2/c1-21-7-13-27(14-8-21)42(38,39)34(29-19-23(3)9-17-30(29)40-5)20-31(35)32-25-11-15-26(16-12-25)41(36,37)33-28-18-22(2)6-10-24(28)4/h6-19,33H,20H2,1-5H3,(H,32,35). The van der Waals surface area contributed by atoms with Gasteiger partial charge in [0.25, 0.3) is 20.0 Å². The highest BCUT2D eigenvalue weighted by atomic mass is 32.2. The van der Waals surface area contributed by atoms with Crippen molar-refractivity contribution in [3.05, 3.63) is 107 Å². The molecule has 0 bridgehead atoms. The molecule has 0 saturated carbocycles. The fourth-order valence-electron chi connectivity index (χ4n) is 4.23. The van der Waals surface area contributed by atoms with E-state index >= 15 is 0 Å². The number of methoxy groups -OCH3 is 1. The molecule has 0 aliphatic heterocycles. The van der Waals surface area contributed by atoms with Crippen LogP contribution < -0.4 is 19.1 Å². The predicted octanol–water partition coefficient (Wildman–Crippen LogP) is 5.56. The van der Waals surface area contributed by atoms with E-state index in [0.717, 1.165) is 26.6 Å². The largest absolute Gasteiger partial charge is 0.495 e. The predicted molar refractivity (Wildman–Crippen MR) is 165 cm³/mol. The molecule has 0 saturated heterocycles. The third-order valence-electron chi connectivity index (χ3n) is 6.59. The summed E-state index contributed by atoms with van der Waals surface area (Å²) in [5.41, 5.74) is 4.36. The summed E-state index contributed by atoms with van der Waals surface area (Å²) in [6.45, 7) is 6.79. The molecule has 0 heterocycles. The van der Waals surface area contributed by atoms with Crippen molar-refractivity contribution >= 4 is 43.0 Å². The van der Waals surface area contributed by atoms with Crippen molar-refractivity contribution in [3.8, 4) is 5.75 Å². The van der Waals surface area contributed by atoms with Gasteiger partial charge in [-0.15, -0.1) is 0 Å². The van der Waals surface area contributed by atoms with Crippen molar-refractivity contribution < 1.29 is 26.4 Å². The third-order valence-corrected chi connectivity index (χ3v) is 9.74. The Bertz CT molecular complexity index is 1820. The molecular formula is C31H33N3O6S2. The van der Waals surface area contributed by atoms with Gasteiger partial charge >= 0.3 is 0 Å². The molecule has 4 aromatic carbocycles. The Labute approximate surface area is 247 Å². The molecule has 9 nitrogen and oxygen atoms in total. The zero-order chi connectivity index (χ0) is 30.7. The number of ether oxygens (including phenoxy) is 1. The molecule has 0 unspecified atom stereocenters. The summed E-state index contributed by atoms with van der Waals surface area (Å²) >= 11 is 0. The van der Waals surface area contributed by atoms with Gasteiger partial charge in [-0.25, -0.2) is 16.8 Å². The van der Waals surface area contributed by atoms with E-state index in [1.54, 1.807) is 36.4 Å². The second kappa shape index (κ2) is 12.3. The fraction of sp³-hybridized carbons (Fsp3) is 0.194. The van der Waals surface area contributed by atoms with Crippen LogP contribution in [0.25, 0.3) is 0 Å². The van der Waals surface area contributed by atoms with E-state index in [2.05, 4.69) is 10.0 Å². The van der Waals surface area contributed by atoms with Crippen molar-refractivity contribution in [1.82, 2.24) is 0 Å². The topological polar surface area (TPSA) is 122 Å². The van der Waals surface area contributed by atoms with Gasteiger partial charge < -0.3 is 10.1 Å². The monoisotopic (exact) mass is 607 g/mol. The number of hydrogen-bond acceptors (Lipinski definition) is 6. The lowest BCUT2D eigenvalue weighted by Gasteiger charge is -2.26. The minimum Gasteiger partial charge on any atom is -0.495 e. The van der Waals surface area contributed by atoms with Crippen LogP contribution in [0, 0.1) is 27.7 Å². The molecule has 0 aliphatic carbocycles. The highest BCUT2D eigenvalue weighted by Crippen LogP contribution is 2.33. The smallest absolute Gasteiger partial charge is 0.264 e. The van der Waals surface area contributed by atoms with E-state index in [0.29, 0.717) is 11.4 Å². The van der Waals surface area contributed by atoms with Crippen LogP contribution in [0.2, 0.25) is 0 Å². The van der Waals surface area contributed by atoms with Gasteiger partial charge in [-0.3, -0.25) is 13.8 Å². The van der Waals surface area contributed by atoms with Crippen LogP contribution in [0.4, 0.5) is 17.1 Å². The molecule has 220 valence electrons. The number of benzene rings is 4. The Morgan fingerprint density at radius 3 is 1.95 bits per heavy atom. The molecule has 11 heteroatoms.